The third-order valence-corrected chi connectivity index (χ3v) is 6.63. The van der Waals surface area contributed by atoms with Gasteiger partial charge in [-0.05, 0) is 74.3 Å². The first-order valence-corrected chi connectivity index (χ1v) is 11.3. The van der Waals surface area contributed by atoms with Gasteiger partial charge in [-0.3, -0.25) is 4.79 Å². The van der Waals surface area contributed by atoms with Gasteiger partial charge in [0.2, 0.25) is 0 Å². The number of Topliss-reactive ketones (excluding diaryl/α,β-unsaturated/α-hetero) is 1. The maximum Gasteiger partial charge on any atom is 0.165 e. The Balaban J connectivity index is 1.51. The highest BCUT2D eigenvalue weighted by atomic mass is 35.5. The quantitative estimate of drug-likeness (QED) is 0.595. The summed E-state index contributed by atoms with van der Waals surface area (Å²) in [7, 11) is 2.19. The highest BCUT2D eigenvalue weighted by Crippen LogP contribution is 2.31. The van der Waals surface area contributed by atoms with Crippen molar-refractivity contribution in [2.45, 2.75) is 26.2 Å². The number of aryl methyl sites for hydroxylation is 2. The van der Waals surface area contributed by atoms with Crippen molar-refractivity contribution in [1.82, 2.24) is 14.3 Å². The molecule has 0 unspecified atom stereocenters. The first kappa shape index (κ1) is 20.3. The van der Waals surface area contributed by atoms with E-state index < -0.39 is 0 Å². The average molecular weight is 435 g/mol. The van der Waals surface area contributed by atoms with Gasteiger partial charge in [0, 0.05) is 49.7 Å². The Morgan fingerprint density at radius 2 is 1.90 bits per heavy atom. The van der Waals surface area contributed by atoms with Gasteiger partial charge in [0.05, 0.1) is 10.7 Å². The summed E-state index contributed by atoms with van der Waals surface area (Å²) in [6.45, 7) is 6.33. The number of hydrogen-bond donors (Lipinski definition) is 0. The number of ketones is 1. The number of aromatic nitrogens is 2. The number of carbonyl (C=O) groups is 1. The van der Waals surface area contributed by atoms with Gasteiger partial charge in [-0.1, -0.05) is 17.7 Å². The first-order chi connectivity index (χ1) is 15.0. The van der Waals surface area contributed by atoms with Crippen LogP contribution in [0.5, 0.6) is 0 Å². The number of halogens is 1. The molecule has 1 aliphatic heterocycles. The third-order valence-electron chi connectivity index (χ3n) is 6.35. The van der Waals surface area contributed by atoms with Crippen molar-refractivity contribution in [3.05, 3.63) is 64.1 Å². The van der Waals surface area contributed by atoms with Crippen LogP contribution in [0.1, 0.15) is 35.2 Å². The fourth-order valence-electron chi connectivity index (χ4n) is 4.61. The van der Waals surface area contributed by atoms with E-state index in [-0.39, 0.29) is 5.78 Å². The minimum absolute atomic E-state index is 0.130. The Morgan fingerprint density at radius 3 is 2.77 bits per heavy atom. The van der Waals surface area contributed by atoms with Crippen LogP contribution in [0.25, 0.3) is 17.3 Å². The largest absolute Gasteiger partial charge is 0.370 e. The van der Waals surface area contributed by atoms with E-state index in [0.29, 0.717) is 28.4 Å². The summed E-state index contributed by atoms with van der Waals surface area (Å²) in [6.07, 6.45) is 8.32. The second-order valence-electron chi connectivity index (χ2n) is 8.73. The summed E-state index contributed by atoms with van der Waals surface area (Å²) in [5.74, 6) is 0.130. The van der Waals surface area contributed by atoms with E-state index in [4.69, 9.17) is 11.6 Å². The van der Waals surface area contributed by atoms with E-state index in [0.717, 1.165) is 43.7 Å². The second kappa shape index (κ2) is 8.13. The first-order valence-electron chi connectivity index (χ1n) is 10.9. The summed E-state index contributed by atoms with van der Waals surface area (Å²) in [5.41, 5.74) is 6.69. The Labute approximate surface area is 187 Å². The molecule has 0 atom stereocenters. The van der Waals surface area contributed by atoms with Crippen molar-refractivity contribution >= 4 is 40.4 Å². The molecule has 5 rings (SSSR count). The summed E-state index contributed by atoms with van der Waals surface area (Å²) >= 11 is 6.38. The fraction of sp³-hybridized carbons (Fsp3) is 0.360. The molecule has 0 N–H and O–H groups in total. The molecule has 1 aliphatic carbocycles. The lowest BCUT2D eigenvalue weighted by atomic mass is 10.0. The molecule has 6 heteroatoms. The van der Waals surface area contributed by atoms with Crippen molar-refractivity contribution in [3.8, 4) is 0 Å². The molecule has 0 saturated carbocycles. The number of hydrogen-bond acceptors (Lipinski definition) is 4. The van der Waals surface area contributed by atoms with Crippen molar-refractivity contribution in [3.63, 3.8) is 0 Å². The molecule has 1 fully saturated rings. The Hall–Kier alpha value is -2.63. The van der Waals surface area contributed by atoms with Gasteiger partial charge in [-0.15, -0.1) is 0 Å². The van der Waals surface area contributed by atoms with Crippen molar-refractivity contribution in [2.75, 3.05) is 38.1 Å². The van der Waals surface area contributed by atoms with Crippen molar-refractivity contribution < 1.29 is 4.79 Å². The molecule has 0 radical (unpaired) electrons. The number of pyridine rings is 1. The number of carbonyl (C=O) groups excluding carboxylic acids is 1. The standard InChI is InChI=1S/C25H27ClN4O/c1-17-12-22(26)25-27-23(16-30(25)15-17)21-14-19-4-6-20(13-18(19)5-7-24(21)31)29-9-3-8-28(2)10-11-29/h4,6,12-16H,3,5,7-11H2,1-2H3. The van der Waals surface area contributed by atoms with Crippen LogP contribution < -0.4 is 4.90 Å². The zero-order valence-corrected chi connectivity index (χ0v) is 18.8. The summed E-state index contributed by atoms with van der Waals surface area (Å²) in [6, 6.07) is 8.52. The Kier molecular flexibility index (Phi) is 5.32. The molecule has 0 bridgehead atoms. The van der Waals surface area contributed by atoms with Crippen LogP contribution in [0.3, 0.4) is 0 Å². The van der Waals surface area contributed by atoms with Gasteiger partial charge >= 0.3 is 0 Å². The van der Waals surface area contributed by atoms with Crippen LogP contribution in [0.15, 0.2) is 36.7 Å². The zero-order chi connectivity index (χ0) is 21.5. The van der Waals surface area contributed by atoms with Crippen LogP contribution in [0.2, 0.25) is 5.02 Å². The van der Waals surface area contributed by atoms with E-state index in [1.807, 2.05) is 35.9 Å². The van der Waals surface area contributed by atoms with Crippen LogP contribution in [-0.2, 0) is 11.2 Å². The second-order valence-corrected chi connectivity index (χ2v) is 9.14. The molecule has 1 saturated heterocycles. The highest BCUT2D eigenvalue weighted by Gasteiger charge is 2.22. The Bertz CT molecular complexity index is 1200. The minimum atomic E-state index is 0.130. The third kappa shape index (κ3) is 4.00. The molecule has 2 aromatic heterocycles. The van der Waals surface area contributed by atoms with Crippen molar-refractivity contribution in [1.29, 1.82) is 0 Å². The molecule has 1 aromatic carbocycles. The smallest absolute Gasteiger partial charge is 0.165 e. The zero-order valence-electron chi connectivity index (χ0n) is 18.1. The normalized spacial score (nSPS) is 18.0. The SMILES string of the molecule is Cc1cc(Cl)c2nc(C3=Cc4ccc(N5CCCN(C)CC5)cc4CCC3=O)cn2c1. The molecule has 2 aliphatic rings. The van der Waals surface area contributed by atoms with Crippen LogP contribution in [-0.4, -0.2) is 53.3 Å². The molecule has 31 heavy (non-hydrogen) atoms. The Morgan fingerprint density at radius 1 is 1.03 bits per heavy atom. The molecule has 3 aromatic rings. The monoisotopic (exact) mass is 434 g/mol. The predicted molar refractivity (Wildman–Crippen MR) is 127 cm³/mol. The van der Waals surface area contributed by atoms with Gasteiger partial charge in [0.25, 0.3) is 0 Å². The number of allylic oxidation sites excluding steroid dienone is 1. The van der Waals surface area contributed by atoms with Gasteiger partial charge < -0.3 is 14.2 Å². The number of rotatable bonds is 2. The van der Waals surface area contributed by atoms with Gasteiger partial charge in [0.15, 0.2) is 11.4 Å². The lowest BCUT2D eigenvalue weighted by Gasteiger charge is -2.24. The van der Waals surface area contributed by atoms with E-state index in [1.54, 1.807) is 0 Å². The van der Waals surface area contributed by atoms with Crippen LogP contribution >= 0.6 is 11.6 Å². The molecule has 0 amide bonds. The molecule has 0 spiro atoms. The van der Waals surface area contributed by atoms with E-state index in [1.165, 1.54) is 17.7 Å². The summed E-state index contributed by atoms with van der Waals surface area (Å²) in [4.78, 5) is 22.5. The van der Waals surface area contributed by atoms with E-state index >= 15 is 0 Å². The minimum Gasteiger partial charge on any atom is -0.370 e. The van der Waals surface area contributed by atoms with E-state index in [2.05, 4.69) is 40.0 Å². The predicted octanol–water partition coefficient (Wildman–Crippen LogP) is 4.49. The average Bonchev–Trinajstić information content (AvgIpc) is 2.94. The number of benzene rings is 1. The summed E-state index contributed by atoms with van der Waals surface area (Å²) in [5, 5.41) is 0.598. The summed E-state index contributed by atoms with van der Waals surface area (Å²) < 4.78 is 1.91. The van der Waals surface area contributed by atoms with Crippen LogP contribution in [0, 0.1) is 6.92 Å². The van der Waals surface area contributed by atoms with Crippen LogP contribution in [0.4, 0.5) is 5.69 Å². The maximum absolute atomic E-state index is 13.0. The number of anilines is 1. The molecular weight excluding hydrogens is 408 g/mol. The van der Waals surface area contributed by atoms with Gasteiger partial charge in [0.1, 0.15) is 0 Å². The lowest BCUT2D eigenvalue weighted by Crippen LogP contribution is -2.28. The van der Waals surface area contributed by atoms with E-state index in [9.17, 15) is 4.79 Å². The van der Waals surface area contributed by atoms with Gasteiger partial charge in [-0.2, -0.15) is 0 Å². The fourth-order valence-corrected chi connectivity index (χ4v) is 4.92. The molecular formula is C25H27ClN4O. The molecule has 5 nitrogen and oxygen atoms in total. The number of imidazole rings is 1. The molecule has 160 valence electrons. The lowest BCUT2D eigenvalue weighted by molar-refractivity contribution is -0.113. The number of nitrogens with zero attached hydrogens (tertiary/aromatic N) is 4. The highest BCUT2D eigenvalue weighted by molar-refractivity contribution is 6.33. The topological polar surface area (TPSA) is 40.9 Å². The number of likely N-dealkylation sites (N-methyl/N-ethyl adjacent to an activating group) is 1. The number of fused-ring (bicyclic) bond motifs is 2. The molecule has 3 heterocycles. The maximum atomic E-state index is 13.0. The van der Waals surface area contributed by atoms with Gasteiger partial charge in [-0.25, -0.2) is 4.98 Å². The van der Waals surface area contributed by atoms with Crippen molar-refractivity contribution in [2.24, 2.45) is 0 Å².